The van der Waals surface area contributed by atoms with E-state index in [9.17, 15) is 4.21 Å². The number of alkyl halides is 1. The summed E-state index contributed by atoms with van der Waals surface area (Å²) in [6, 6.07) is 9.03. The van der Waals surface area contributed by atoms with Crippen LogP contribution in [-0.4, -0.2) is 27.1 Å². The topological polar surface area (TPSA) is 37.3 Å². The van der Waals surface area contributed by atoms with Crippen LogP contribution in [0.5, 0.6) is 0 Å². The SMILES string of the molecule is O=S(c1ccccc1)C(CO)CCl. The predicted molar refractivity (Wildman–Crippen MR) is 54.4 cm³/mol. The second-order valence-electron chi connectivity index (χ2n) is 2.57. The summed E-state index contributed by atoms with van der Waals surface area (Å²) in [5.41, 5.74) is 0. The molecule has 0 fully saturated rings. The minimum atomic E-state index is -1.20. The van der Waals surface area contributed by atoms with Gasteiger partial charge in [-0.1, -0.05) is 18.2 Å². The van der Waals surface area contributed by atoms with Crippen LogP contribution in [0.1, 0.15) is 0 Å². The number of rotatable bonds is 4. The molecular formula is C9H11ClO2S. The first kappa shape index (κ1) is 10.7. The van der Waals surface area contributed by atoms with E-state index in [1.807, 2.05) is 18.2 Å². The predicted octanol–water partition coefficient (Wildman–Crippen LogP) is 1.39. The molecule has 0 saturated heterocycles. The molecule has 0 spiro atoms. The van der Waals surface area contributed by atoms with Gasteiger partial charge in [0, 0.05) is 10.8 Å². The van der Waals surface area contributed by atoms with Gasteiger partial charge in [0.05, 0.1) is 22.7 Å². The van der Waals surface area contributed by atoms with Gasteiger partial charge in [0.15, 0.2) is 0 Å². The number of benzene rings is 1. The second kappa shape index (κ2) is 5.37. The van der Waals surface area contributed by atoms with E-state index in [4.69, 9.17) is 16.7 Å². The van der Waals surface area contributed by atoms with Crippen LogP contribution in [0.25, 0.3) is 0 Å². The highest BCUT2D eigenvalue weighted by Crippen LogP contribution is 2.11. The van der Waals surface area contributed by atoms with Crippen molar-refractivity contribution in [2.24, 2.45) is 0 Å². The fourth-order valence-electron chi connectivity index (χ4n) is 0.921. The Bertz CT molecular complexity index is 272. The standard InChI is InChI=1S/C9H11ClO2S/c10-6-9(7-11)13(12)8-4-2-1-3-5-8/h1-5,9,11H,6-7H2. The van der Waals surface area contributed by atoms with Crippen LogP contribution in [0, 0.1) is 0 Å². The summed E-state index contributed by atoms with van der Waals surface area (Å²) in [6.07, 6.45) is 0. The maximum absolute atomic E-state index is 11.7. The Morgan fingerprint density at radius 3 is 2.46 bits per heavy atom. The number of aliphatic hydroxyl groups is 1. The molecule has 1 aromatic carbocycles. The largest absolute Gasteiger partial charge is 0.395 e. The molecule has 72 valence electrons. The van der Waals surface area contributed by atoms with Crippen LogP contribution in [0.15, 0.2) is 35.2 Å². The Hall–Kier alpha value is -0.380. The summed E-state index contributed by atoms with van der Waals surface area (Å²) in [4.78, 5) is 0.710. The van der Waals surface area contributed by atoms with Crippen LogP contribution in [0.4, 0.5) is 0 Å². The van der Waals surface area contributed by atoms with Gasteiger partial charge in [-0.25, -0.2) is 0 Å². The fraction of sp³-hybridized carbons (Fsp3) is 0.333. The molecule has 1 rings (SSSR count). The zero-order valence-electron chi connectivity index (χ0n) is 7.02. The van der Waals surface area contributed by atoms with E-state index in [0.717, 1.165) is 0 Å². The molecule has 0 aliphatic carbocycles. The zero-order valence-corrected chi connectivity index (χ0v) is 8.59. The lowest BCUT2D eigenvalue weighted by Gasteiger charge is -2.09. The third kappa shape index (κ3) is 2.79. The van der Waals surface area contributed by atoms with Crippen LogP contribution in [-0.2, 0) is 10.8 Å². The molecule has 2 unspecified atom stereocenters. The van der Waals surface area contributed by atoms with Gasteiger partial charge >= 0.3 is 0 Å². The molecule has 0 aromatic heterocycles. The van der Waals surface area contributed by atoms with Crippen LogP contribution < -0.4 is 0 Å². The van der Waals surface area contributed by atoms with E-state index in [0.29, 0.717) is 4.90 Å². The van der Waals surface area contributed by atoms with E-state index in [1.54, 1.807) is 12.1 Å². The first-order valence-corrected chi connectivity index (χ1v) is 5.66. The van der Waals surface area contributed by atoms with Gasteiger partial charge in [-0.05, 0) is 12.1 Å². The van der Waals surface area contributed by atoms with Gasteiger partial charge in [-0.3, -0.25) is 4.21 Å². The first-order valence-electron chi connectivity index (χ1n) is 3.92. The number of hydrogen-bond acceptors (Lipinski definition) is 2. The molecular weight excluding hydrogens is 208 g/mol. The van der Waals surface area contributed by atoms with E-state index < -0.39 is 10.8 Å². The van der Waals surface area contributed by atoms with Gasteiger partial charge < -0.3 is 5.11 Å². The highest BCUT2D eigenvalue weighted by atomic mass is 35.5. The summed E-state index contributed by atoms with van der Waals surface area (Å²) in [5.74, 6) is 0.206. The summed E-state index contributed by atoms with van der Waals surface area (Å²) in [7, 11) is -1.20. The summed E-state index contributed by atoms with van der Waals surface area (Å²) in [6.45, 7) is -0.148. The molecule has 13 heavy (non-hydrogen) atoms. The molecule has 1 aromatic rings. The molecule has 0 amide bonds. The van der Waals surface area contributed by atoms with E-state index >= 15 is 0 Å². The molecule has 0 aliphatic heterocycles. The molecule has 0 bridgehead atoms. The lowest BCUT2D eigenvalue weighted by molar-refractivity contribution is 0.299. The summed E-state index contributed by atoms with van der Waals surface area (Å²) >= 11 is 5.56. The third-order valence-corrected chi connectivity index (χ3v) is 3.87. The smallest absolute Gasteiger partial charge is 0.0760 e. The van der Waals surface area contributed by atoms with Gasteiger partial charge in [-0.2, -0.15) is 0 Å². The number of halogens is 1. The normalized spacial score (nSPS) is 15.2. The lowest BCUT2D eigenvalue weighted by Crippen LogP contribution is -2.21. The van der Waals surface area contributed by atoms with Crippen molar-refractivity contribution >= 4 is 22.4 Å². The lowest BCUT2D eigenvalue weighted by atomic mass is 10.4. The molecule has 2 atom stereocenters. The molecule has 4 heteroatoms. The van der Waals surface area contributed by atoms with Gasteiger partial charge in [0.2, 0.25) is 0 Å². The van der Waals surface area contributed by atoms with Crippen molar-refractivity contribution in [3.05, 3.63) is 30.3 Å². The van der Waals surface area contributed by atoms with Gasteiger partial charge in [0.1, 0.15) is 0 Å². The van der Waals surface area contributed by atoms with Crippen LogP contribution in [0.3, 0.4) is 0 Å². The second-order valence-corrected chi connectivity index (χ2v) is 4.61. The van der Waals surface area contributed by atoms with E-state index in [-0.39, 0.29) is 17.7 Å². The quantitative estimate of drug-likeness (QED) is 0.776. The third-order valence-electron chi connectivity index (χ3n) is 1.65. The molecule has 0 aliphatic rings. The van der Waals surface area contributed by atoms with E-state index in [2.05, 4.69) is 0 Å². The van der Waals surface area contributed by atoms with E-state index in [1.165, 1.54) is 0 Å². The maximum Gasteiger partial charge on any atom is 0.0760 e. The van der Waals surface area contributed by atoms with Crippen molar-refractivity contribution < 1.29 is 9.32 Å². The zero-order chi connectivity index (χ0) is 9.68. The van der Waals surface area contributed by atoms with Gasteiger partial charge in [0.25, 0.3) is 0 Å². The Morgan fingerprint density at radius 2 is 2.00 bits per heavy atom. The first-order chi connectivity index (χ1) is 6.29. The maximum atomic E-state index is 11.7. The van der Waals surface area contributed by atoms with Crippen molar-refractivity contribution in [2.45, 2.75) is 10.1 Å². The Labute approximate surface area is 85.0 Å². The molecule has 2 nitrogen and oxygen atoms in total. The average molecular weight is 219 g/mol. The number of hydrogen-bond donors (Lipinski definition) is 1. The highest BCUT2D eigenvalue weighted by molar-refractivity contribution is 7.85. The number of aliphatic hydroxyl groups excluding tert-OH is 1. The van der Waals surface area contributed by atoms with Crippen molar-refractivity contribution in [3.63, 3.8) is 0 Å². The van der Waals surface area contributed by atoms with Crippen molar-refractivity contribution in [1.82, 2.24) is 0 Å². The molecule has 0 heterocycles. The fourth-order valence-corrected chi connectivity index (χ4v) is 2.42. The molecule has 0 radical (unpaired) electrons. The van der Waals surface area contributed by atoms with Crippen molar-refractivity contribution in [3.8, 4) is 0 Å². The summed E-state index contributed by atoms with van der Waals surface area (Å²) < 4.78 is 11.7. The average Bonchev–Trinajstić information content (AvgIpc) is 2.21. The minimum absolute atomic E-state index is 0.148. The minimum Gasteiger partial charge on any atom is -0.395 e. The monoisotopic (exact) mass is 218 g/mol. The van der Waals surface area contributed by atoms with Gasteiger partial charge in [-0.15, -0.1) is 11.6 Å². The Morgan fingerprint density at radius 1 is 1.38 bits per heavy atom. The van der Waals surface area contributed by atoms with Crippen LogP contribution >= 0.6 is 11.6 Å². The Balaban J connectivity index is 2.78. The Kier molecular flexibility index (Phi) is 4.42. The highest BCUT2D eigenvalue weighted by Gasteiger charge is 2.15. The van der Waals surface area contributed by atoms with Crippen molar-refractivity contribution in [1.29, 1.82) is 0 Å². The summed E-state index contributed by atoms with van der Waals surface area (Å²) in [5, 5.41) is 8.51. The van der Waals surface area contributed by atoms with Crippen LogP contribution in [0.2, 0.25) is 0 Å². The molecule has 0 saturated carbocycles. The van der Waals surface area contributed by atoms with Crippen molar-refractivity contribution in [2.75, 3.05) is 12.5 Å². The molecule has 1 N–H and O–H groups in total.